The smallest absolute Gasteiger partial charge is 0.350 e. The van der Waals surface area contributed by atoms with Gasteiger partial charge in [0.25, 0.3) is 0 Å². The molecule has 2 aromatic heterocycles. The van der Waals surface area contributed by atoms with E-state index < -0.39 is 44.3 Å². The molecule has 2 aliphatic rings. The first kappa shape index (κ1) is 25.8. The van der Waals surface area contributed by atoms with Crippen molar-refractivity contribution in [2.24, 2.45) is 0 Å². The van der Waals surface area contributed by atoms with E-state index >= 15 is 0 Å². The van der Waals surface area contributed by atoms with E-state index in [9.17, 15) is 9.83 Å². The van der Waals surface area contributed by atoms with Gasteiger partial charge in [0, 0.05) is 12.2 Å². The van der Waals surface area contributed by atoms with Crippen LogP contribution < -0.4 is 5.32 Å². The highest BCUT2D eigenvalue weighted by atomic mass is 31.2. The molecule has 0 spiro atoms. The largest absolute Gasteiger partial charge is 0.366 e. The zero-order chi connectivity index (χ0) is 26.4. The Labute approximate surface area is 213 Å². The summed E-state index contributed by atoms with van der Waals surface area (Å²) in [6.45, 7) is 5.48. The van der Waals surface area contributed by atoms with E-state index in [-0.39, 0.29) is 18.5 Å². The second-order valence-electron chi connectivity index (χ2n) is 9.54. The first-order valence-corrected chi connectivity index (χ1v) is 13.6. The third-order valence-corrected chi connectivity index (χ3v) is 6.78. The maximum atomic E-state index is 11.2. The topological polar surface area (TPSA) is 161 Å². The summed E-state index contributed by atoms with van der Waals surface area (Å²) in [7, 11) is -4.33. The lowest BCUT2D eigenvalue weighted by Crippen LogP contribution is -2.33. The van der Waals surface area contributed by atoms with E-state index in [1.165, 1.54) is 0 Å². The minimum absolute atomic E-state index is 0.00444. The predicted molar refractivity (Wildman–Crippen MR) is 131 cm³/mol. The minimum atomic E-state index is -4.33. The Bertz CT molecular complexity index is 1370. The molecular formula is C24H28N5O7P. The monoisotopic (exact) mass is 529 g/mol. The van der Waals surface area contributed by atoms with E-state index in [2.05, 4.69) is 15.3 Å². The summed E-state index contributed by atoms with van der Waals surface area (Å²) in [5.41, 5.74) is 1.54. The molecule has 0 aliphatic carbocycles. The fraction of sp³-hybridized carbons (Fsp3) is 0.458. The second-order valence-corrected chi connectivity index (χ2v) is 11.1. The highest BCUT2D eigenvalue weighted by Crippen LogP contribution is 2.45. The molecule has 13 heteroatoms. The molecular weight excluding hydrogens is 501 g/mol. The summed E-state index contributed by atoms with van der Waals surface area (Å²) >= 11 is 0. The van der Waals surface area contributed by atoms with E-state index in [4.69, 9.17) is 28.7 Å². The van der Waals surface area contributed by atoms with Crippen LogP contribution in [0.3, 0.4) is 0 Å². The highest BCUT2D eigenvalue weighted by Gasteiger charge is 2.56. The quantitative estimate of drug-likeness (QED) is 0.368. The molecule has 1 unspecified atom stereocenters. The van der Waals surface area contributed by atoms with Gasteiger partial charge in [0.1, 0.15) is 42.2 Å². The Hall–Kier alpha value is -2.88. The molecule has 4 heterocycles. The Morgan fingerprint density at radius 3 is 2.65 bits per heavy atom. The number of rotatable bonds is 8. The molecule has 196 valence electrons. The first-order chi connectivity index (χ1) is 17.5. The van der Waals surface area contributed by atoms with Gasteiger partial charge in [-0.05, 0) is 32.4 Å². The zero-order valence-electron chi connectivity index (χ0n) is 20.5. The third-order valence-electron chi connectivity index (χ3n) is 6.27. The van der Waals surface area contributed by atoms with Crippen LogP contribution in [0.5, 0.6) is 0 Å². The van der Waals surface area contributed by atoms with Crippen LogP contribution in [-0.2, 0) is 23.5 Å². The van der Waals surface area contributed by atoms with Crippen LogP contribution in [0.25, 0.3) is 11.0 Å². The van der Waals surface area contributed by atoms with Crippen molar-refractivity contribution < 1.29 is 33.3 Å². The molecule has 5 rings (SSSR count). The molecule has 5 atom stereocenters. The molecule has 3 aromatic rings. The molecule has 0 amide bonds. The van der Waals surface area contributed by atoms with E-state index in [1.807, 2.05) is 49.4 Å². The maximum Gasteiger partial charge on any atom is 0.350 e. The molecule has 12 nitrogen and oxygen atoms in total. The van der Waals surface area contributed by atoms with Crippen LogP contribution >= 0.6 is 7.60 Å². The molecule has 3 N–H and O–H groups in total. The number of nitrogens with one attached hydrogen (secondary N) is 1. The number of ether oxygens (including phenoxy) is 4. The second kappa shape index (κ2) is 9.78. The van der Waals surface area contributed by atoms with Gasteiger partial charge >= 0.3 is 7.60 Å². The van der Waals surface area contributed by atoms with Gasteiger partial charge in [-0.1, -0.05) is 30.3 Å². The van der Waals surface area contributed by atoms with Crippen LogP contribution in [0.1, 0.15) is 44.4 Å². The van der Waals surface area contributed by atoms with Gasteiger partial charge in [-0.2, -0.15) is 5.26 Å². The Kier molecular flexibility index (Phi) is 6.81. The predicted octanol–water partition coefficient (Wildman–Crippen LogP) is 3.05. The van der Waals surface area contributed by atoms with Gasteiger partial charge in [-0.3, -0.25) is 4.57 Å². The summed E-state index contributed by atoms with van der Waals surface area (Å²) in [4.78, 5) is 27.1. The number of hydrogen-bond acceptors (Lipinski definition) is 9. The molecule has 37 heavy (non-hydrogen) atoms. The first-order valence-electron chi connectivity index (χ1n) is 11.8. The number of aromatic nitrogens is 3. The summed E-state index contributed by atoms with van der Waals surface area (Å²) in [5.74, 6) is -0.390. The van der Waals surface area contributed by atoms with Crippen molar-refractivity contribution in [2.45, 2.75) is 57.1 Å². The van der Waals surface area contributed by atoms with Gasteiger partial charge in [-0.15, -0.1) is 0 Å². The maximum absolute atomic E-state index is 11.2. The van der Waals surface area contributed by atoms with Crippen LogP contribution in [0.15, 0.2) is 42.6 Å². The fourth-order valence-electron chi connectivity index (χ4n) is 4.73. The summed E-state index contributed by atoms with van der Waals surface area (Å²) in [6, 6.07) is 13.7. The van der Waals surface area contributed by atoms with E-state index in [1.54, 1.807) is 24.6 Å². The highest BCUT2D eigenvalue weighted by molar-refractivity contribution is 7.51. The van der Waals surface area contributed by atoms with Gasteiger partial charge < -0.3 is 38.6 Å². The average molecular weight is 529 g/mol. The zero-order valence-corrected chi connectivity index (χ0v) is 21.4. The van der Waals surface area contributed by atoms with Crippen molar-refractivity contribution >= 4 is 24.4 Å². The molecule has 0 saturated carbocycles. The number of hydrogen-bond donors (Lipinski definition) is 3. The Morgan fingerprint density at radius 1 is 1.22 bits per heavy atom. The van der Waals surface area contributed by atoms with E-state index in [0.717, 1.165) is 5.56 Å². The lowest BCUT2D eigenvalue weighted by atomic mass is 10.1. The van der Waals surface area contributed by atoms with Crippen LogP contribution in [0.4, 0.5) is 5.82 Å². The molecule has 2 saturated heterocycles. The normalized spacial score (nSPS) is 25.6. The summed E-state index contributed by atoms with van der Waals surface area (Å²) < 4.78 is 36.6. The van der Waals surface area contributed by atoms with Crippen molar-refractivity contribution in [2.75, 3.05) is 18.3 Å². The van der Waals surface area contributed by atoms with Crippen LogP contribution in [-0.4, -0.2) is 61.4 Å². The van der Waals surface area contributed by atoms with Crippen molar-refractivity contribution in [3.63, 3.8) is 0 Å². The van der Waals surface area contributed by atoms with E-state index in [0.29, 0.717) is 16.9 Å². The number of anilines is 1. The average Bonchev–Trinajstić information content (AvgIpc) is 3.50. The van der Waals surface area contributed by atoms with Gasteiger partial charge in [-0.25, -0.2) is 9.97 Å². The third kappa shape index (κ3) is 5.39. The van der Waals surface area contributed by atoms with Crippen LogP contribution in [0.2, 0.25) is 0 Å². The van der Waals surface area contributed by atoms with Gasteiger partial charge in [0.15, 0.2) is 12.0 Å². The Balaban J connectivity index is 1.46. The van der Waals surface area contributed by atoms with Crippen molar-refractivity contribution in [1.82, 2.24) is 14.5 Å². The number of nitrogens with zero attached hydrogens (tertiary/aromatic N) is 4. The SMILES string of the molecule is C[C@@H](Nc1nc(C#N)nc2c1ccn2[C@@H]1OC(COCP(=O)(O)O)[C@H]2OC(C)(C)O[C@H]21)c1ccccc1. The molecule has 2 fully saturated rings. The lowest BCUT2D eigenvalue weighted by Gasteiger charge is -2.25. The molecule has 0 radical (unpaired) electrons. The summed E-state index contributed by atoms with van der Waals surface area (Å²) in [6.07, 6.45) is -1.35. The Morgan fingerprint density at radius 2 is 1.95 bits per heavy atom. The summed E-state index contributed by atoms with van der Waals surface area (Å²) in [5, 5.41) is 13.7. The molecule has 1 aromatic carbocycles. The lowest BCUT2D eigenvalue weighted by molar-refractivity contribution is -0.201. The fourth-order valence-corrected chi connectivity index (χ4v) is 5.08. The number of nitriles is 1. The van der Waals surface area contributed by atoms with Crippen LogP contribution in [0, 0.1) is 11.3 Å². The minimum Gasteiger partial charge on any atom is -0.366 e. The van der Waals surface area contributed by atoms with Crippen molar-refractivity contribution in [3.05, 3.63) is 54.0 Å². The number of fused-ring (bicyclic) bond motifs is 2. The standard InChI is InChI=1S/C24H28N5O7P/c1-14(15-7-5-4-6-8-15)26-21-16-9-10-29(22(16)28-18(11-25)27-21)23-20-19(35-24(2,3)36-20)17(34-23)12-33-13-37(30,31)32/h4-10,14,17,19-20,23H,12-13H2,1-3H3,(H,26,27,28)(H2,30,31,32)/t14-,17?,19-,20-,23-/m1/s1. The number of benzene rings is 1. The van der Waals surface area contributed by atoms with Crippen molar-refractivity contribution in [1.29, 1.82) is 5.26 Å². The van der Waals surface area contributed by atoms with Gasteiger partial charge in [0.05, 0.1) is 12.0 Å². The molecule has 2 aliphatic heterocycles. The molecule has 0 bridgehead atoms. The van der Waals surface area contributed by atoms with Crippen molar-refractivity contribution in [3.8, 4) is 6.07 Å². The van der Waals surface area contributed by atoms with Gasteiger partial charge in [0.2, 0.25) is 5.82 Å².